The number of unbranched alkanes of at least 4 members (excludes halogenated alkanes) is 2. The summed E-state index contributed by atoms with van der Waals surface area (Å²) >= 11 is 0. The molecule has 5 rings (SSSR count). The second kappa shape index (κ2) is 10.2. The molecule has 0 amide bonds. The summed E-state index contributed by atoms with van der Waals surface area (Å²) in [7, 11) is -3.68. The van der Waals surface area contributed by atoms with E-state index in [2.05, 4.69) is 50.5 Å². The second-order valence-electron chi connectivity index (χ2n) is 10.8. The number of allylic oxidation sites excluding steroid dienone is 2. The highest BCUT2D eigenvalue weighted by Gasteiger charge is 2.42. The molecule has 1 aliphatic carbocycles. The Kier molecular flexibility index (Phi) is 7.09. The first-order chi connectivity index (χ1) is 17.8. The van der Waals surface area contributed by atoms with Crippen LogP contribution < -0.4 is 4.31 Å². The lowest BCUT2D eigenvalue weighted by atomic mass is 9.67. The van der Waals surface area contributed by atoms with Gasteiger partial charge >= 0.3 is 0 Å². The Morgan fingerprint density at radius 1 is 1.24 bits per heavy atom. The summed E-state index contributed by atoms with van der Waals surface area (Å²) in [6.07, 6.45) is 10.2. The Balaban J connectivity index is 1.66. The number of ether oxygens (including phenoxy) is 1. The van der Waals surface area contributed by atoms with Crippen molar-refractivity contribution < 1.29 is 13.2 Å². The molecule has 1 unspecified atom stereocenters. The minimum absolute atomic E-state index is 0.268. The van der Waals surface area contributed by atoms with E-state index in [1.165, 1.54) is 11.1 Å². The van der Waals surface area contributed by atoms with Crippen LogP contribution in [0.5, 0.6) is 0 Å². The number of benzene rings is 2. The van der Waals surface area contributed by atoms with Crippen molar-refractivity contribution in [1.82, 2.24) is 0 Å². The number of aryl methyl sites for hydroxylation is 1. The third-order valence-electron chi connectivity index (χ3n) is 8.15. The average molecular weight is 516 g/mol. The van der Waals surface area contributed by atoms with Gasteiger partial charge in [0.1, 0.15) is 0 Å². The number of sulfonamides is 1. The Morgan fingerprint density at radius 2 is 2.03 bits per heavy atom. The first-order valence-corrected chi connectivity index (χ1v) is 14.9. The van der Waals surface area contributed by atoms with Gasteiger partial charge < -0.3 is 4.74 Å². The van der Waals surface area contributed by atoms with Gasteiger partial charge in [0.25, 0.3) is 10.0 Å². The first kappa shape index (κ1) is 25.8. The van der Waals surface area contributed by atoms with E-state index in [9.17, 15) is 8.42 Å². The van der Waals surface area contributed by atoms with Crippen LogP contribution in [0.1, 0.15) is 73.8 Å². The molecule has 5 heteroatoms. The zero-order valence-corrected chi connectivity index (χ0v) is 23.1. The average Bonchev–Trinajstić information content (AvgIpc) is 3.32. The van der Waals surface area contributed by atoms with E-state index in [0.717, 1.165) is 60.0 Å². The number of hydrogen-bond donors (Lipinski definition) is 0. The molecule has 2 aromatic carbocycles. The smallest absolute Gasteiger partial charge is 0.264 e. The Hall–Kier alpha value is -2.81. The molecule has 0 N–H and O–H groups in total. The van der Waals surface area contributed by atoms with Crippen LogP contribution in [-0.4, -0.2) is 21.6 Å². The Morgan fingerprint density at radius 3 is 2.70 bits per heavy atom. The molecule has 0 saturated carbocycles. The van der Waals surface area contributed by atoms with Gasteiger partial charge in [-0.1, -0.05) is 67.2 Å². The van der Waals surface area contributed by atoms with Gasteiger partial charge in [-0.15, -0.1) is 0 Å². The summed E-state index contributed by atoms with van der Waals surface area (Å²) in [6.45, 7) is 11.9. The molecule has 3 aliphatic rings. The lowest BCUT2D eigenvalue weighted by Crippen LogP contribution is -2.38. The fraction of sp³-hybridized carbons (Fsp3) is 0.438. The molecule has 2 atom stereocenters. The molecule has 0 radical (unpaired) electrons. The molecule has 0 aromatic heterocycles. The number of nitrogens with zero attached hydrogens (tertiary/aromatic N) is 1. The number of hydrogen-bond acceptors (Lipinski definition) is 3. The van der Waals surface area contributed by atoms with Gasteiger partial charge in [0, 0.05) is 23.9 Å². The minimum Gasteiger partial charge on any atom is -0.375 e. The Labute approximate surface area is 222 Å². The van der Waals surface area contributed by atoms with Crippen LogP contribution in [0.25, 0.3) is 0 Å². The summed E-state index contributed by atoms with van der Waals surface area (Å²) in [6, 6.07) is 9.29. The molecule has 194 valence electrons. The van der Waals surface area contributed by atoms with Crippen LogP contribution in [0, 0.1) is 24.7 Å². The van der Waals surface area contributed by atoms with Gasteiger partial charge in [-0.05, 0) is 80.3 Å². The first-order valence-electron chi connectivity index (χ1n) is 13.5. The molecule has 2 heterocycles. The molecule has 37 heavy (non-hydrogen) atoms. The maximum absolute atomic E-state index is 13.8. The predicted octanol–water partition coefficient (Wildman–Crippen LogP) is 6.60. The lowest BCUT2D eigenvalue weighted by Gasteiger charge is -2.41. The van der Waals surface area contributed by atoms with Crippen molar-refractivity contribution in [3.8, 4) is 11.8 Å². The molecule has 2 aliphatic heterocycles. The summed E-state index contributed by atoms with van der Waals surface area (Å²) in [5, 5.41) is 0. The second-order valence-corrected chi connectivity index (χ2v) is 12.7. The van der Waals surface area contributed by atoms with Crippen molar-refractivity contribution in [3.63, 3.8) is 0 Å². The van der Waals surface area contributed by atoms with Gasteiger partial charge in [-0.25, -0.2) is 8.42 Å². The fourth-order valence-electron chi connectivity index (χ4n) is 5.87. The largest absolute Gasteiger partial charge is 0.375 e. The third kappa shape index (κ3) is 4.67. The fourth-order valence-corrected chi connectivity index (χ4v) is 7.36. The highest BCUT2D eigenvalue weighted by atomic mass is 32.2. The van der Waals surface area contributed by atoms with E-state index in [4.69, 9.17) is 4.74 Å². The molecule has 0 bridgehead atoms. The highest BCUT2D eigenvalue weighted by Crippen LogP contribution is 2.48. The minimum atomic E-state index is -3.68. The molecule has 0 saturated heterocycles. The van der Waals surface area contributed by atoms with Gasteiger partial charge in [0.05, 0.1) is 23.8 Å². The van der Waals surface area contributed by atoms with Crippen LogP contribution in [0.2, 0.25) is 0 Å². The van der Waals surface area contributed by atoms with Crippen molar-refractivity contribution in [2.75, 3.05) is 17.5 Å². The summed E-state index contributed by atoms with van der Waals surface area (Å²) in [5.74, 6) is 7.24. The van der Waals surface area contributed by atoms with Crippen molar-refractivity contribution in [2.45, 2.75) is 76.2 Å². The molecular formula is C32H37NO3S. The summed E-state index contributed by atoms with van der Waals surface area (Å²) in [4.78, 5) is 0.333. The molecule has 1 spiro atoms. The van der Waals surface area contributed by atoms with E-state index in [0.29, 0.717) is 37.0 Å². The van der Waals surface area contributed by atoms with Crippen LogP contribution >= 0.6 is 0 Å². The van der Waals surface area contributed by atoms with E-state index in [-0.39, 0.29) is 5.41 Å². The van der Waals surface area contributed by atoms with Crippen LogP contribution in [0.15, 0.2) is 59.5 Å². The van der Waals surface area contributed by atoms with E-state index >= 15 is 0 Å². The number of anilines is 1. The zero-order chi connectivity index (χ0) is 26.2. The maximum Gasteiger partial charge on any atom is 0.264 e. The third-order valence-corrected chi connectivity index (χ3v) is 9.98. The normalized spacial score (nSPS) is 22.4. The SMILES string of the molecule is C=C(C)[C@H]1C=CC2(CC1)COCc1c2cc2c(c1C#CCCCC)CCN2S(=O)(=O)c1ccc(C)cc1. The van der Waals surface area contributed by atoms with Crippen LogP contribution in [-0.2, 0) is 33.2 Å². The maximum atomic E-state index is 13.8. The summed E-state index contributed by atoms with van der Waals surface area (Å²) in [5.41, 5.74) is 7.08. The summed E-state index contributed by atoms with van der Waals surface area (Å²) < 4.78 is 35.5. The monoisotopic (exact) mass is 515 g/mol. The predicted molar refractivity (Wildman–Crippen MR) is 150 cm³/mol. The highest BCUT2D eigenvalue weighted by molar-refractivity contribution is 7.92. The molecule has 0 fully saturated rings. The standard InChI is InChI=1S/C32H37NO3S/c1-5-6-7-8-9-27-28-16-19-33(37(34,35)26-12-10-24(4)11-13-26)31(28)20-30-29(27)21-36-22-32(30)17-14-25(15-18-32)23(2)3/h10-14,17,20,25H,2,5-7,15-16,18-19,21-22H2,1,3-4H3/t25-,32?/m0/s1. The molecule has 4 nitrogen and oxygen atoms in total. The molecular weight excluding hydrogens is 478 g/mol. The zero-order valence-electron chi connectivity index (χ0n) is 22.3. The van der Waals surface area contributed by atoms with Crippen molar-refractivity contribution in [3.05, 3.63) is 82.5 Å². The Bertz CT molecular complexity index is 1410. The lowest BCUT2D eigenvalue weighted by molar-refractivity contribution is 0.0610. The van der Waals surface area contributed by atoms with E-state index in [1.54, 1.807) is 16.4 Å². The van der Waals surface area contributed by atoms with Gasteiger partial charge in [-0.2, -0.15) is 0 Å². The van der Waals surface area contributed by atoms with Gasteiger partial charge in [-0.3, -0.25) is 4.31 Å². The number of fused-ring (bicyclic) bond motifs is 3. The van der Waals surface area contributed by atoms with Crippen molar-refractivity contribution >= 4 is 15.7 Å². The van der Waals surface area contributed by atoms with Crippen molar-refractivity contribution in [2.24, 2.45) is 5.92 Å². The quantitative estimate of drug-likeness (QED) is 0.256. The topological polar surface area (TPSA) is 46.6 Å². The van der Waals surface area contributed by atoms with Crippen LogP contribution in [0.4, 0.5) is 5.69 Å². The number of rotatable bonds is 5. The van der Waals surface area contributed by atoms with Gasteiger partial charge in [0.15, 0.2) is 0 Å². The molecule has 2 aromatic rings. The van der Waals surface area contributed by atoms with E-state index in [1.807, 2.05) is 19.1 Å². The van der Waals surface area contributed by atoms with Crippen LogP contribution in [0.3, 0.4) is 0 Å². The van der Waals surface area contributed by atoms with E-state index < -0.39 is 10.0 Å². The van der Waals surface area contributed by atoms with Crippen molar-refractivity contribution in [1.29, 1.82) is 0 Å². The van der Waals surface area contributed by atoms with Gasteiger partial charge in [0.2, 0.25) is 0 Å².